The number of rotatable bonds is 13. The Bertz CT molecular complexity index is 3330. The van der Waals surface area contributed by atoms with E-state index in [1.54, 1.807) is 55.7 Å². The second-order valence-corrected chi connectivity index (χ2v) is 18.4. The molecule has 0 aliphatic heterocycles. The van der Waals surface area contributed by atoms with Gasteiger partial charge in [0.1, 0.15) is 0 Å². The van der Waals surface area contributed by atoms with Gasteiger partial charge in [-0.1, -0.05) is 177 Å². The van der Waals surface area contributed by atoms with E-state index in [4.69, 9.17) is 10.3 Å². The van der Waals surface area contributed by atoms with Crippen LogP contribution in [0.1, 0.15) is 77.5 Å². The van der Waals surface area contributed by atoms with Crippen molar-refractivity contribution < 1.29 is 29.5 Å². The van der Waals surface area contributed by atoms with E-state index in [1.807, 2.05) is 48.5 Å². The maximum absolute atomic E-state index is 11.4. The Balaban J connectivity index is 0.000000150. The first-order valence-corrected chi connectivity index (χ1v) is 25.8. The molecule has 2 aromatic heterocycles. The molecule has 0 fully saturated rings. The van der Waals surface area contributed by atoms with Crippen LogP contribution in [-0.2, 0) is 37.7 Å². The zero-order valence-electron chi connectivity index (χ0n) is 40.1. The molecule has 10 aromatic rings. The molecule has 0 atom stereocenters. The largest absolute Gasteiger partial charge is 0.478 e. The number of aryl methyl sites for hydroxylation is 5. The van der Waals surface area contributed by atoms with Crippen LogP contribution in [0.2, 0.25) is 0 Å². The van der Waals surface area contributed by atoms with Gasteiger partial charge < -0.3 is 14.2 Å². The lowest BCUT2D eigenvalue weighted by Gasteiger charge is -2.08. The van der Waals surface area contributed by atoms with Crippen molar-refractivity contribution in [1.82, 2.24) is 14.6 Å². The van der Waals surface area contributed by atoms with E-state index < -0.39 is 11.9 Å². The van der Waals surface area contributed by atoms with Crippen molar-refractivity contribution in [1.29, 1.82) is 0 Å². The number of ketones is 2. The van der Waals surface area contributed by atoms with E-state index in [9.17, 15) is 19.2 Å². The molecule has 0 unspecified atom stereocenters. The van der Waals surface area contributed by atoms with Gasteiger partial charge in [0.25, 0.3) is 5.91 Å². The first-order chi connectivity index (χ1) is 35.0. The number of aromatic nitrogens is 2. The third-order valence-corrected chi connectivity index (χ3v) is 13.4. The Kier molecular flexibility index (Phi) is 18.6. The second-order valence-electron chi connectivity index (χ2n) is 17.1. The number of hydroxylamine groups is 1. The zero-order valence-corrected chi connectivity index (χ0v) is 43.3. The Hall–Kier alpha value is -7.44. The van der Waals surface area contributed by atoms with Gasteiger partial charge in [-0.15, -0.1) is 0 Å². The quantitative estimate of drug-likeness (QED) is 0.0456. The van der Waals surface area contributed by atoms with Gasteiger partial charge in [-0.25, -0.2) is 10.3 Å². The predicted molar refractivity (Wildman–Crippen MR) is 298 cm³/mol. The van der Waals surface area contributed by atoms with Gasteiger partial charge in [0, 0.05) is 84.1 Å². The fourth-order valence-electron chi connectivity index (χ4n) is 8.52. The Morgan fingerprint density at radius 1 is 0.417 bits per heavy atom. The molecule has 1 amide bonds. The molecule has 0 saturated heterocycles. The van der Waals surface area contributed by atoms with Crippen LogP contribution < -0.4 is 5.48 Å². The van der Waals surface area contributed by atoms with E-state index in [0.717, 1.165) is 65.3 Å². The van der Waals surface area contributed by atoms with Crippen LogP contribution >= 0.6 is 31.9 Å². The molecule has 2 heterocycles. The summed E-state index contributed by atoms with van der Waals surface area (Å²) in [6.45, 7) is 4.97. The summed E-state index contributed by atoms with van der Waals surface area (Å²) in [7, 11) is 0. The lowest BCUT2D eigenvalue weighted by molar-refractivity contribution is 0.0693. The molecule has 0 saturated carbocycles. The lowest BCUT2D eigenvalue weighted by Crippen LogP contribution is -2.18. The number of carboxylic acids is 1. The van der Waals surface area contributed by atoms with Crippen molar-refractivity contribution in [2.45, 2.75) is 51.5 Å². The monoisotopic (exact) mass is 1080 g/mol. The van der Waals surface area contributed by atoms with Crippen molar-refractivity contribution in [2.75, 3.05) is 5.33 Å². The van der Waals surface area contributed by atoms with Crippen molar-refractivity contribution in [3.8, 4) is 0 Å². The Morgan fingerprint density at radius 2 is 0.722 bits per heavy atom. The number of para-hydroxylation sites is 4. The number of carbonyl (C=O) groups is 4. The number of carboxylic acid groups (broad SMARTS) is 1. The molecule has 0 aliphatic rings. The van der Waals surface area contributed by atoms with Crippen LogP contribution in [0, 0.1) is 0 Å². The maximum Gasteiger partial charge on any atom is 0.335 e. The summed E-state index contributed by atoms with van der Waals surface area (Å²) < 4.78 is 4.74. The third-order valence-electron chi connectivity index (χ3n) is 12.4. The van der Waals surface area contributed by atoms with Gasteiger partial charge in [-0.2, -0.15) is 0 Å². The smallest absolute Gasteiger partial charge is 0.335 e. The van der Waals surface area contributed by atoms with E-state index in [1.165, 1.54) is 54.7 Å². The minimum Gasteiger partial charge on any atom is -0.478 e. The average molecular weight is 1090 g/mol. The number of amides is 1. The standard InChI is InChI=1S/C22H19NO.C21H18N2O2.C10H11BrO.C8H7BrO2/c1-16(24)18-12-10-17(11-13-18)14-15-23-21-8-4-2-6-19(21)20-7-3-5-9-22(20)23;24-21(22-25)16-11-9-15(10-12-16)13-14-23-19-7-3-1-5-17(19)18-6-2-4-8-20(18)23;1-8(12)10-4-2-9(3-5-10)6-7-11;9-5-6-1-3-7(4-2-6)8(10)11/h2-13H,14-15H2,1H3;1-12,25H,13-14H2,(H,22,24);2-5H,6-7H2,1H3;1-4H,5H2,(H,10,11). The number of hydrogen-bond donors (Lipinski definition) is 3. The molecule has 0 bridgehead atoms. The first kappa shape index (κ1) is 52.4. The van der Waals surface area contributed by atoms with Crippen LogP contribution in [0.25, 0.3) is 43.6 Å². The molecule has 0 spiro atoms. The fourth-order valence-corrected chi connectivity index (χ4v) is 9.35. The number of nitrogens with one attached hydrogen (secondary N) is 1. The topological polar surface area (TPSA) is 131 Å². The number of Topliss-reactive ketones (excluding diaryl/α,β-unsaturated/α-hetero) is 2. The molecule has 8 aromatic carbocycles. The molecule has 9 nitrogen and oxygen atoms in total. The molecule has 3 N–H and O–H groups in total. The number of nitrogens with zero attached hydrogens (tertiary/aromatic N) is 2. The molecule has 11 heteroatoms. The van der Waals surface area contributed by atoms with Crippen molar-refractivity contribution in [2.24, 2.45) is 0 Å². The first-order valence-electron chi connectivity index (χ1n) is 23.6. The third kappa shape index (κ3) is 13.3. The van der Waals surface area contributed by atoms with E-state index >= 15 is 0 Å². The highest BCUT2D eigenvalue weighted by Crippen LogP contribution is 2.30. The summed E-state index contributed by atoms with van der Waals surface area (Å²) in [6, 6.07) is 63.9. The summed E-state index contributed by atoms with van der Waals surface area (Å²) in [4.78, 5) is 44.1. The zero-order chi connectivity index (χ0) is 51.0. The number of benzene rings is 8. The number of aromatic carboxylic acids is 1. The van der Waals surface area contributed by atoms with Gasteiger partial charge in [0.15, 0.2) is 11.6 Å². The van der Waals surface area contributed by atoms with Crippen molar-refractivity contribution >= 4 is 98.9 Å². The Morgan fingerprint density at radius 3 is 1.03 bits per heavy atom. The summed E-state index contributed by atoms with van der Waals surface area (Å²) >= 11 is 6.64. The summed E-state index contributed by atoms with van der Waals surface area (Å²) in [5.74, 6) is -1.13. The molecular formula is C61H55Br2N3O6. The molecule has 72 heavy (non-hydrogen) atoms. The normalized spacial score (nSPS) is 10.7. The SMILES string of the molecule is CC(=O)c1ccc(CCBr)cc1.CC(=O)c1ccc(CCn2c3ccccc3c3ccccc32)cc1.O=C(NO)c1ccc(CCn2c3ccccc3c3ccccc32)cc1.O=C(O)c1ccc(CBr)cc1. The summed E-state index contributed by atoms with van der Waals surface area (Å²) in [5, 5.41) is 24.1. The van der Waals surface area contributed by atoms with E-state index in [2.05, 4.69) is 150 Å². The number of fused-ring (bicyclic) bond motifs is 6. The minimum atomic E-state index is -0.883. The Labute approximate surface area is 436 Å². The average Bonchev–Trinajstić information content (AvgIpc) is 3.92. The van der Waals surface area contributed by atoms with Gasteiger partial charge in [0.2, 0.25) is 0 Å². The summed E-state index contributed by atoms with van der Waals surface area (Å²) in [6.07, 6.45) is 2.82. The number of carbonyl (C=O) groups excluding carboxylic acids is 3. The van der Waals surface area contributed by atoms with Crippen molar-refractivity contribution in [3.05, 3.63) is 239 Å². The molecule has 0 aliphatic carbocycles. The number of halogens is 2. The van der Waals surface area contributed by atoms with Crippen LogP contribution in [-0.4, -0.2) is 48.2 Å². The summed E-state index contributed by atoms with van der Waals surface area (Å²) in [5.41, 5.74) is 13.8. The number of hydrogen-bond acceptors (Lipinski definition) is 5. The van der Waals surface area contributed by atoms with Crippen LogP contribution in [0.4, 0.5) is 0 Å². The van der Waals surface area contributed by atoms with E-state index in [0.29, 0.717) is 11.1 Å². The minimum absolute atomic E-state index is 0.115. The fraction of sp³-hybridized carbons (Fsp3) is 0.148. The highest BCUT2D eigenvalue weighted by Gasteiger charge is 2.12. The second kappa shape index (κ2) is 25.6. The van der Waals surface area contributed by atoms with Crippen LogP contribution in [0.5, 0.6) is 0 Å². The molecule has 364 valence electrons. The highest BCUT2D eigenvalue weighted by atomic mass is 79.9. The van der Waals surface area contributed by atoms with E-state index in [-0.39, 0.29) is 11.6 Å². The van der Waals surface area contributed by atoms with Gasteiger partial charge in [-0.05, 0) is 104 Å². The molecule has 10 rings (SSSR count). The van der Waals surface area contributed by atoms with Crippen LogP contribution in [0.3, 0.4) is 0 Å². The maximum atomic E-state index is 11.4. The van der Waals surface area contributed by atoms with Crippen LogP contribution in [0.15, 0.2) is 194 Å². The van der Waals surface area contributed by atoms with Gasteiger partial charge in [-0.3, -0.25) is 19.6 Å². The predicted octanol–water partition coefficient (Wildman–Crippen LogP) is 14.5. The molecule has 0 radical (unpaired) electrons. The van der Waals surface area contributed by atoms with Gasteiger partial charge >= 0.3 is 5.97 Å². The van der Waals surface area contributed by atoms with Crippen molar-refractivity contribution in [3.63, 3.8) is 0 Å². The number of alkyl halides is 2. The lowest BCUT2D eigenvalue weighted by atomic mass is 10.1. The van der Waals surface area contributed by atoms with Gasteiger partial charge in [0.05, 0.1) is 5.56 Å². The molecular weight excluding hydrogens is 1030 g/mol. The highest BCUT2D eigenvalue weighted by molar-refractivity contribution is 9.09.